The number of nitrogens with zero attached hydrogens (tertiary/aromatic N) is 2. The predicted octanol–water partition coefficient (Wildman–Crippen LogP) is 4.70. The maximum atomic E-state index is 2.92. The van der Waals surface area contributed by atoms with Crippen molar-refractivity contribution in [2.75, 3.05) is 26.2 Å². The van der Waals surface area contributed by atoms with E-state index in [2.05, 4.69) is 70.2 Å². The zero-order valence-electron chi connectivity index (χ0n) is 14.8. The molecule has 0 spiro atoms. The van der Waals surface area contributed by atoms with Crippen LogP contribution in [0.2, 0.25) is 16.6 Å². The van der Waals surface area contributed by atoms with E-state index in [9.17, 15) is 0 Å². The van der Waals surface area contributed by atoms with Crippen LogP contribution >= 0.6 is 0 Å². The van der Waals surface area contributed by atoms with Gasteiger partial charge >= 0.3 is 0 Å². The molecule has 0 bridgehead atoms. The lowest BCUT2D eigenvalue weighted by Crippen LogP contribution is -2.64. The highest BCUT2D eigenvalue weighted by atomic mass is 28.3. The molecule has 0 aromatic carbocycles. The van der Waals surface area contributed by atoms with Crippen LogP contribution in [0.4, 0.5) is 0 Å². The smallest absolute Gasteiger partial charge is 0.136 e. The molecule has 3 heteroatoms. The van der Waals surface area contributed by atoms with E-state index in [1.807, 2.05) is 0 Å². The van der Waals surface area contributed by atoms with Crippen LogP contribution in [0, 0.1) is 0 Å². The van der Waals surface area contributed by atoms with Gasteiger partial charge in [0.2, 0.25) is 0 Å². The zero-order chi connectivity index (χ0) is 15.3. The van der Waals surface area contributed by atoms with Gasteiger partial charge in [0, 0.05) is 26.2 Å². The molecule has 1 aliphatic heterocycles. The van der Waals surface area contributed by atoms with Gasteiger partial charge in [-0.3, -0.25) is 0 Å². The topological polar surface area (TPSA) is 6.48 Å². The lowest BCUT2D eigenvalue weighted by molar-refractivity contribution is 0.229. The van der Waals surface area contributed by atoms with Crippen LogP contribution in [0.25, 0.3) is 0 Å². The van der Waals surface area contributed by atoms with Crippen molar-refractivity contribution in [3.05, 3.63) is 12.3 Å². The molecule has 0 aliphatic carbocycles. The van der Waals surface area contributed by atoms with E-state index in [0.717, 1.165) is 23.0 Å². The summed E-state index contributed by atoms with van der Waals surface area (Å²) in [6, 6.07) is 0. The van der Waals surface area contributed by atoms with Gasteiger partial charge in [0.25, 0.3) is 0 Å². The monoisotopic (exact) mass is 296 g/mol. The molecule has 0 amide bonds. The molecule has 20 heavy (non-hydrogen) atoms. The van der Waals surface area contributed by atoms with Crippen molar-refractivity contribution in [2.45, 2.75) is 71.5 Å². The summed E-state index contributed by atoms with van der Waals surface area (Å²) < 4.78 is 2.92. The molecule has 0 N–H and O–H groups in total. The quantitative estimate of drug-likeness (QED) is 0.655. The van der Waals surface area contributed by atoms with Gasteiger partial charge in [-0.15, -0.1) is 0 Å². The second-order valence-electron chi connectivity index (χ2n) is 7.17. The lowest BCUT2D eigenvalue weighted by atomic mass is 10.3. The molecule has 1 fully saturated rings. The van der Waals surface area contributed by atoms with E-state index in [-0.39, 0.29) is 0 Å². The van der Waals surface area contributed by atoms with E-state index in [1.165, 1.54) is 26.2 Å². The average molecular weight is 297 g/mol. The lowest BCUT2D eigenvalue weighted by Gasteiger charge is -2.53. The Bertz CT molecular complexity index is 280. The fourth-order valence-electron chi connectivity index (χ4n) is 4.61. The highest BCUT2D eigenvalue weighted by Crippen LogP contribution is 2.44. The van der Waals surface area contributed by atoms with E-state index >= 15 is 0 Å². The Kier molecular flexibility index (Phi) is 6.79. The Balaban J connectivity index is 2.83. The Hall–Kier alpha value is -0.283. The van der Waals surface area contributed by atoms with Crippen LogP contribution in [0.15, 0.2) is 12.3 Å². The molecule has 0 aromatic heterocycles. The van der Waals surface area contributed by atoms with Crippen LogP contribution in [0.1, 0.15) is 54.9 Å². The van der Waals surface area contributed by atoms with Crippen molar-refractivity contribution in [1.82, 2.24) is 9.47 Å². The second kappa shape index (κ2) is 7.65. The van der Waals surface area contributed by atoms with Crippen LogP contribution in [-0.2, 0) is 0 Å². The van der Waals surface area contributed by atoms with Crippen LogP contribution < -0.4 is 0 Å². The summed E-state index contributed by atoms with van der Waals surface area (Å²) in [5.74, 6) is 0. The number of allylic oxidation sites excluding steroid dienone is 1. The normalized spacial score (nSPS) is 19.0. The van der Waals surface area contributed by atoms with Crippen molar-refractivity contribution in [2.24, 2.45) is 0 Å². The van der Waals surface area contributed by atoms with Gasteiger partial charge in [0.1, 0.15) is 8.24 Å². The van der Waals surface area contributed by atoms with Crippen LogP contribution in [0.3, 0.4) is 0 Å². The minimum absolute atomic E-state index is 0.834. The summed E-state index contributed by atoms with van der Waals surface area (Å²) >= 11 is 0. The highest BCUT2D eigenvalue weighted by Gasteiger charge is 2.48. The Morgan fingerprint density at radius 3 is 1.65 bits per heavy atom. The molecule has 1 rings (SSSR count). The molecule has 1 aliphatic rings. The predicted molar refractivity (Wildman–Crippen MR) is 93.6 cm³/mol. The van der Waals surface area contributed by atoms with Gasteiger partial charge in [-0.25, -0.2) is 0 Å². The number of hydrogen-bond donors (Lipinski definition) is 0. The first-order valence-corrected chi connectivity index (χ1v) is 10.7. The van der Waals surface area contributed by atoms with Crippen LogP contribution in [-0.4, -0.2) is 43.9 Å². The van der Waals surface area contributed by atoms with Gasteiger partial charge < -0.3 is 9.47 Å². The number of rotatable bonds is 6. The minimum Gasteiger partial charge on any atom is -0.375 e. The summed E-state index contributed by atoms with van der Waals surface area (Å²) in [5.41, 5.74) is 2.50. The van der Waals surface area contributed by atoms with Gasteiger partial charge in [0.05, 0.1) is 0 Å². The van der Waals surface area contributed by atoms with Crippen molar-refractivity contribution < 1.29 is 0 Å². The third kappa shape index (κ3) is 3.48. The first kappa shape index (κ1) is 17.8. The van der Waals surface area contributed by atoms with E-state index in [1.54, 1.807) is 0 Å². The van der Waals surface area contributed by atoms with Crippen molar-refractivity contribution in [1.29, 1.82) is 0 Å². The zero-order valence-corrected chi connectivity index (χ0v) is 15.8. The van der Waals surface area contributed by atoms with Gasteiger partial charge in [-0.05, 0) is 29.2 Å². The third-order valence-corrected chi connectivity index (χ3v) is 12.3. The molecule has 0 radical (unpaired) electrons. The van der Waals surface area contributed by atoms with E-state index in [0.29, 0.717) is 0 Å². The molecule has 1 heterocycles. The maximum Gasteiger partial charge on any atom is 0.136 e. The maximum absolute atomic E-state index is 2.92. The number of hydrogen-bond acceptors (Lipinski definition) is 2. The largest absolute Gasteiger partial charge is 0.375 e. The summed E-state index contributed by atoms with van der Waals surface area (Å²) in [7, 11) is -1.41. The van der Waals surface area contributed by atoms with Gasteiger partial charge in [0.15, 0.2) is 0 Å². The van der Waals surface area contributed by atoms with Crippen molar-refractivity contribution in [3.8, 4) is 0 Å². The van der Waals surface area contributed by atoms with Crippen LogP contribution in [0.5, 0.6) is 0 Å². The fourth-order valence-corrected chi connectivity index (χ4v) is 11.8. The molecule has 118 valence electrons. The second-order valence-corrected chi connectivity index (χ2v) is 13.0. The van der Waals surface area contributed by atoms with Gasteiger partial charge in [-0.1, -0.05) is 54.5 Å². The minimum atomic E-state index is -1.41. The summed E-state index contributed by atoms with van der Waals surface area (Å²) in [6.45, 7) is 21.9. The molecule has 2 nitrogen and oxygen atoms in total. The molecule has 0 saturated carbocycles. The van der Waals surface area contributed by atoms with Crippen molar-refractivity contribution in [3.63, 3.8) is 0 Å². The molecular formula is C17H36N2Si. The first-order valence-electron chi connectivity index (χ1n) is 8.53. The number of piperazine rings is 1. The third-order valence-electron chi connectivity index (χ3n) is 5.19. The molecule has 1 saturated heterocycles. The first-order chi connectivity index (χ1) is 9.37. The summed E-state index contributed by atoms with van der Waals surface area (Å²) in [4.78, 5) is 2.50. The fraction of sp³-hybridized carbons (Fsp3) is 0.882. The summed E-state index contributed by atoms with van der Waals surface area (Å²) in [5, 5.41) is 0. The Morgan fingerprint density at radius 1 is 0.850 bits per heavy atom. The standard InChI is InChI=1S/C17H36N2Si/c1-8-9-10-18-11-13-19(14-12-18)20(15(2)3,16(4)5)17(6)7/h9-10,15-17H,8,11-14H2,1-7H3. The van der Waals surface area contributed by atoms with E-state index in [4.69, 9.17) is 0 Å². The molecule has 0 aromatic rings. The van der Waals surface area contributed by atoms with Gasteiger partial charge in [-0.2, -0.15) is 0 Å². The van der Waals surface area contributed by atoms with Crippen molar-refractivity contribution >= 4 is 8.24 Å². The summed E-state index contributed by atoms with van der Waals surface area (Å²) in [6.07, 6.45) is 5.73. The SMILES string of the molecule is CCC=CN1CCN([Si](C(C)C)(C(C)C)C(C)C)CC1. The highest BCUT2D eigenvalue weighted by molar-refractivity contribution is 6.81. The molecule has 0 unspecified atom stereocenters. The van der Waals surface area contributed by atoms with E-state index < -0.39 is 8.24 Å². The molecule has 0 atom stereocenters. The average Bonchev–Trinajstić information content (AvgIpc) is 2.37. The Labute approximate surface area is 128 Å². The molecular weight excluding hydrogens is 260 g/mol. The Morgan fingerprint density at radius 2 is 1.30 bits per heavy atom.